The lowest BCUT2D eigenvalue weighted by Gasteiger charge is -2.21. The summed E-state index contributed by atoms with van der Waals surface area (Å²) >= 11 is 0. The van der Waals surface area contributed by atoms with E-state index in [1.807, 2.05) is 25.8 Å². The maximum atomic E-state index is 4.85. The first-order chi connectivity index (χ1) is 12.0. The molecule has 0 saturated heterocycles. The van der Waals surface area contributed by atoms with E-state index in [9.17, 15) is 0 Å². The third-order valence-corrected chi connectivity index (χ3v) is 4.29. The van der Waals surface area contributed by atoms with Gasteiger partial charge in [0.15, 0.2) is 5.96 Å². The smallest absolute Gasteiger partial charge is 0.194 e. The van der Waals surface area contributed by atoms with E-state index in [1.165, 1.54) is 11.3 Å². The molecule has 0 aliphatic heterocycles. The maximum absolute atomic E-state index is 4.85. The van der Waals surface area contributed by atoms with Crippen molar-refractivity contribution in [3.63, 3.8) is 0 Å². The third kappa shape index (κ3) is 5.18. The van der Waals surface area contributed by atoms with Gasteiger partial charge in [0.1, 0.15) is 12.2 Å². The minimum atomic E-state index is 0. The Labute approximate surface area is 173 Å². The first-order valence-electron chi connectivity index (χ1n) is 8.87. The van der Waals surface area contributed by atoms with Crippen molar-refractivity contribution in [2.24, 2.45) is 19.1 Å². The Morgan fingerprint density at radius 2 is 1.92 bits per heavy atom. The van der Waals surface area contributed by atoms with Crippen LogP contribution >= 0.6 is 24.0 Å². The molecule has 2 aromatic rings. The largest absolute Gasteiger partial charge is 0.357 e. The Morgan fingerprint density at radius 3 is 2.46 bits per heavy atom. The summed E-state index contributed by atoms with van der Waals surface area (Å²) in [5.74, 6) is 1.76. The molecule has 146 valence electrons. The molecule has 1 N–H and O–H groups in total. The van der Waals surface area contributed by atoms with Gasteiger partial charge in [-0.3, -0.25) is 9.36 Å². The van der Waals surface area contributed by atoms with Crippen LogP contribution in [0.4, 0.5) is 0 Å². The van der Waals surface area contributed by atoms with E-state index in [-0.39, 0.29) is 24.0 Å². The van der Waals surface area contributed by atoms with E-state index < -0.39 is 0 Å². The number of guanidine groups is 1. The highest BCUT2D eigenvalue weighted by atomic mass is 127. The predicted octanol–water partition coefficient (Wildman–Crippen LogP) is 1.89. The molecule has 0 radical (unpaired) electrons. The molecule has 0 unspecified atom stereocenters. The molecule has 8 nitrogen and oxygen atoms in total. The molecule has 2 heterocycles. The van der Waals surface area contributed by atoms with Crippen molar-refractivity contribution in [1.29, 1.82) is 0 Å². The number of hydrogen-bond donors (Lipinski definition) is 1. The van der Waals surface area contributed by atoms with Gasteiger partial charge in [-0.1, -0.05) is 13.8 Å². The van der Waals surface area contributed by atoms with Crippen LogP contribution in [0, 0.1) is 0 Å². The van der Waals surface area contributed by atoms with E-state index in [1.54, 1.807) is 11.0 Å². The molecule has 0 bridgehead atoms. The summed E-state index contributed by atoms with van der Waals surface area (Å²) in [7, 11) is 5.93. The van der Waals surface area contributed by atoms with Crippen LogP contribution in [-0.2, 0) is 40.0 Å². The fraction of sp³-hybridized carbons (Fsp3) is 0.647. The van der Waals surface area contributed by atoms with Gasteiger partial charge in [-0.05, 0) is 19.8 Å². The summed E-state index contributed by atoms with van der Waals surface area (Å²) in [4.78, 5) is 11.2. The predicted molar refractivity (Wildman–Crippen MR) is 115 cm³/mol. The zero-order chi connectivity index (χ0) is 18.4. The number of hydrogen-bond acceptors (Lipinski definition) is 4. The Morgan fingerprint density at radius 1 is 1.19 bits per heavy atom. The van der Waals surface area contributed by atoms with Crippen LogP contribution in [-0.4, -0.2) is 49.0 Å². The fourth-order valence-electron chi connectivity index (χ4n) is 2.95. The van der Waals surface area contributed by atoms with Crippen molar-refractivity contribution >= 4 is 29.9 Å². The highest BCUT2D eigenvalue weighted by molar-refractivity contribution is 14.0. The van der Waals surface area contributed by atoms with Crippen molar-refractivity contribution in [3.8, 4) is 0 Å². The van der Waals surface area contributed by atoms with Gasteiger partial charge in [-0.2, -0.15) is 10.2 Å². The second-order valence-corrected chi connectivity index (χ2v) is 6.03. The van der Waals surface area contributed by atoms with Gasteiger partial charge in [-0.25, -0.2) is 9.98 Å². The molecule has 0 spiro atoms. The van der Waals surface area contributed by atoms with E-state index in [0.717, 1.165) is 36.9 Å². The molecule has 0 atom stereocenters. The average Bonchev–Trinajstić information content (AvgIpc) is 3.13. The molecule has 0 amide bonds. The van der Waals surface area contributed by atoms with Crippen molar-refractivity contribution in [1.82, 2.24) is 34.8 Å². The van der Waals surface area contributed by atoms with Crippen LogP contribution in [0.3, 0.4) is 0 Å². The molecule has 0 saturated carbocycles. The first kappa shape index (κ1) is 22.4. The summed E-state index contributed by atoms with van der Waals surface area (Å²) in [6.45, 7) is 8.47. The van der Waals surface area contributed by atoms with Crippen LogP contribution in [0.25, 0.3) is 0 Å². The Hall–Kier alpha value is -1.65. The topological polar surface area (TPSA) is 76.2 Å². The van der Waals surface area contributed by atoms with Gasteiger partial charge >= 0.3 is 0 Å². The number of aryl methyl sites for hydroxylation is 3. The molecule has 0 aliphatic carbocycles. The molecule has 26 heavy (non-hydrogen) atoms. The van der Waals surface area contributed by atoms with Gasteiger partial charge in [0.25, 0.3) is 0 Å². The first-order valence-corrected chi connectivity index (χ1v) is 8.87. The van der Waals surface area contributed by atoms with Crippen molar-refractivity contribution in [3.05, 3.63) is 29.1 Å². The summed E-state index contributed by atoms with van der Waals surface area (Å²) in [5.41, 5.74) is 3.64. The normalized spacial score (nSPS) is 11.4. The zero-order valence-corrected chi connectivity index (χ0v) is 19.0. The lowest BCUT2D eigenvalue weighted by Crippen LogP contribution is -2.39. The third-order valence-electron chi connectivity index (χ3n) is 4.29. The van der Waals surface area contributed by atoms with Gasteiger partial charge < -0.3 is 10.2 Å². The van der Waals surface area contributed by atoms with Crippen molar-refractivity contribution in [2.45, 2.75) is 46.7 Å². The number of nitrogens with zero attached hydrogens (tertiary/aromatic N) is 7. The van der Waals surface area contributed by atoms with Crippen molar-refractivity contribution in [2.75, 3.05) is 13.6 Å². The van der Waals surface area contributed by atoms with Crippen LogP contribution < -0.4 is 5.32 Å². The number of rotatable bonds is 7. The SMILES string of the molecule is CCNC(=NCc1c(CC)nn(C)c1CC)N(C)Cc1ncnn1C.I. The second kappa shape index (κ2) is 10.5. The highest BCUT2D eigenvalue weighted by Crippen LogP contribution is 2.16. The van der Waals surface area contributed by atoms with Gasteiger partial charge in [0, 0.05) is 38.9 Å². The van der Waals surface area contributed by atoms with Crippen LogP contribution in [0.5, 0.6) is 0 Å². The Kier molecular flexibility index (Phi) is 9.03. The van der Waals surface area contributed by atoms with Crippen LogP contribution in [0.2, 0.25) is 0 Å². The van der Waals surface area contributed by atoms with Crippen molar-refractivity contribution < 1.29 is 0 Å². The fourth-order valence-corrected chi connectivity index (χ4v) is 2.95. The van der Waals surface area contributed by atoms with E-state index in [4.69, 9.17) is 4.99 Å². The number of aromatic nitrogens is 5. The standard InChI is InChI=1S/C17H30N8.HI/c1-7-14-13(15(8-2)24(5)22-14)10-19-17(18-9-3)23(4)11-16-20-12-21-25(16)6;/h12H,7-11H2,1-6H3,(H,18,19);1H. The quantitative estimate of drug-likeness (QED) is 0.377. The Bertz CT molecular complexity index is 718. The van der Waals surface area contributed by atoms with Crippen LogP contribution in [0.15, 0.2) is 11.3 Å². The summed E-state index contributed by atoms with van der Waals surface area (Å²) in [6, 6.07) is 0. The number of aliphatic imine (C=N–C) groups is 1. The monoisotopic (exact) mass is 474 g/mol. The number of nitrogens with one attached hydrogen (secondary N) is 1. The van der Waals surface area contributed by atoms with E-state index in [2.05, 4.69) is 46.2 Å². The molecular weight excluding hydrogens is 443 g/mol. The van der Waals surface area contributed by atoms with E-state index in [0.29, 0.717) is 13.1 Å². The summed E-state index contributed by atoms with van der Waals surface area (Å²) in [5, 5.41) is 12.1. The lowest BCUT2D eigenvalue weighted by molar-refractivity contribution is 0.448. The second-order valence-electron chi connectivity index (χ2n) is 6.03. The zero-order valence-electron chi connectivity index (χ0n) is 16.7. The van der Waals surface area contributed by atoms with E-state index >= 15 is 0 Å². The molecular formula is C17H31IN8. The molecule has 0 aromatic carbocycles. The molecule has 2 aromatic heterocycles. The average molecular weight is 474 g/mol. The molecule has 2 rings (SSSR count). The lowest BCUT2D eigenvalue weighted by atomic mass is 10.1. The minimum Gasteiger partial charge on any atom is -0.357 e. The summed E-state index contributed by atoms with van der Waals surface area (Å²) in [6.07, 6.45) is 3.45. The molecule has 0 aliphatic rings. The minimum absolute atomic E-state index is 0. The molecule has 9 heteroatoms. The number of halogens is 1. The van der Waals surface area contributed by atoms with Gasteiger partial charge in [0.2, 0.25) is 0 Å². The van der Waals surface area contributed by atoms with Gasteiger partial charge in [0.05, 0.1) is 18.8 Å². The maximum Gasteiger partial charge on any atom is 0.194 e. The van der Waals surface area contributed by atoms with Gasteiger partial charge in [-0.15, -0.1) is 24.0 Å². The molecule has 0 fully saturated rings. The Balaban J connectivity index is 0.00000338. The highest BCUT2D eigenvalue weighted by Gasteiger charge is 2.15. The summed E-state index contributed by atoms with van der Waals surface area (Å²) < 4.78 is 3.77. The van der Waals surface area contributed by atoms with Crippen LogP contribution in [0.1, 0.15) is 43.5 Å².